The summed E-state index contributed by atoms with van der Waals surface area (Å²) >= 11 is 0. The van der Waals surface area contributed by atoms with Crippen LogP contribution in [-0.2, 0) is 0 Å². The van der Waals surface area contributed by atoms with Gasteiger partial charge >= 0.3 is 0 Å². The largest absolute Gasteiger partial charge is 0.382 e. The van der Waals surface area contributed by atoms with Crippen molar-refractivity contribution < 1.29 is 0 Å². The molecule has 0 radical (unpaired) electrons. The van der Waals surface area contributed by atoms with Crippen LogP contribution >= 0.6 is 0 Å². The van der Waals surface area contributed by atoms with Gasteiger partial charge in [0, 0.05) is 0 Å². The van der Waals surface area contributed by atoms with E-state index in [2.05, 4.69) is 23.4 Å². The first-order chi connectivity index (χ1) is 4.72. The molecule has 3 heteroatoms. The Labute approximate surface area is 62.4 Å². The van der Waals surface area contributed by atoms with Gasteiger partial charge in [0.2, 0.25) is 0 Å². The molecule has 0 amide bonds. The van der Waals surface area contributed by atoms with Crippen molar-refractivity contribution in [3.8, 4) is 0 Å². The lowest BCUT2D eigenvalue weighted by Crippen LogP contribution is -1.94. The van der Waals surface area contributed by atoms with Crippen molar-refractivity contribution in [1.82, 2.24) is 0 Å². The van der Waals surface area contributed by atoms with E-state index in [9.17, 15) is 0 Å². The molecule has 0 aliphatic carbocycles. The molecule has 10 heavy (non-hydrogen) atoms. The highest BCUT2D eigenvalue weighted by molar-refractivity contribution is 5.33. The van der Waals surface area contributed by atoms with Crippen LogP contribution in [0.25, 0.3) is 0 Å². The molecule has 0 saturated heterocycles. The third-order valence-corrected chi connectivity index (χ3v) is 0.778. The van der Waals surface area contributed by atoms with Crippen molar-refractivity contribution in [2.24, 2.45) is 15.7 Å². The predicted molar refractivity (Wildman–Crippen MR) is 47.3 cm³/mol. The highest BCUT2D eigenvalue weighted by atomic mass is 14.9. The number of rotatable bonds is 2. The molecule has 2 N–H and O–H groups in total. The summed E-state index contributed by atoms with van der Waals surface area (Å²) in [6, 6.07) is 0. The number of hydrogen-bond donors (Lipinski definition) is 1. The Morgan fingerprint density at radius 1 is 1.20 bits per heavy atom. The first-order valence-electron chi connectivity index (χ1n) is 3.12. The monoisotopic (exact) mass is 141 g/mol. The summed E-state index contributed by atoms with van der Waals surface area (Å²) in [5, 5.41) is 0. The average molecular weight is 141 g/mol. The molecule has 0 aliphatic rings. The molecular weight excluding hydrogens is 126 g/mol. The van der Waals surface area contributed by atoms with Crippen molar-refractivity contribution >= 4 is 13.4 Å². The molecule has 0 aliphatic heterocycles. The first-order valence-corrected chi connectivity index (χ1v) is 3.12. The number of aliphatic imine (C=N–C) groups is 2. The van der Waals surface area contributed by atoms with E-state index < -0.39 is 0 Å². The second-order valence-corrected chi connectivity index (χ2v) is 1.29. The number of nitrogens with zero attached hydrogens (tertiary/aromatic N) is 2. The fraction of sp³-hybridized carbons (Fsp3) is 0.429. The van der Waals surface area contributed by atoms with Gasteiger partial charge < -0.3 is 5.73 Å². The standard InChI is InChI=1S/C5H9N3.C2H6/c1-4(7-2)5(6)8-3;1-2/h2-3,6H2,1H3;1-2H3/b5-4-;. The van der Waals surface area contributed by atoms with Crippen molar-refractivity contribution in [2.45, 2.75) is 20.8 Å². The molecule has 0 aromatic carbocycles. The third kappa shape index (κ3) is 5.03. The highest BCUT2D eigenvalue weighted by Gasteiger charge is 1.86. The summed E-state index contributed by atoms with van der Waals surface area (Å²) in [5.41, 5.74) is 5.85. The molecule has 0 unspecified atom stereocenters. The van der Waals surface area contributed by atoms with Gasteiger partial charge in [0.1, 0.15) is 5.82 Å². The van der Waals surface area contributed by atoms with E-state index in [1.807, 2.05) is 13.8 Å². The fourth-order valence-corrected chi connectivity index (χ4v) is 0.195. The number of nitrogens with two attached hydrogens (primary N) is 1. The quantitative estimate of drug-likeness (QED) is 0.583. The molecule has 0 atom stereocenters. The molecule has 0 heterocycles. The Morgan fingerprint density at radius 2 is 1.60 bits per heavy atom. The molecule has 58 valence electrons. The van der Waals surface area contributed by atoms with Gasteiger partial charge in [0.25, 0.3) is 0 Å². The zero-order valence-corrected chi connectivity index (χ0v) is 6.89. The topological polar surface area (TPSA) is 50.7 Å². The van der Waals surface area contributed by atoms with Gasteiger partial charge in [-0.2, -0.15) is 0 Å². The highest BCUT2D eigenvalue weighted by Crippen LogP contribution is 1.96. The van der Waals surface area contributed by atoms with Crippen LogP contribution in [0, 0.1) is 0 Å². The Hall–Kier alpha value is -1.12. The van der Waals surface area contributed by atoms with Crippen LogP contribution in [0.2, 0.25) is 0 Å². The molecular formula is C7H15N3. The molecule has 0 spiro atoms. The summed E-state index contributed by atoms with van der Waals surface area (Å²) in [6.45, 7) is 12.2. The summed E-state index contributed by atoms with van der Waals surface area (Å²) < 4.78 is 0. The minimum absolute atomic E-state index is 0.333. The fourth-order valence-electron chi connectivity index (χ4n) is 0.195. The molecule has 0 aromatic rings. The molecule has 3 nitrogen and oxygen atoms in total. The van der Waals surface area contributed by atoms with Gasteiger partial charge in [-0.05, 0) is 20.4 Å². The van der Waals surface area contributed by atoms with E-state index in [-0.39, 0.29) is 0 Å². The third-order valence-electron chi connectivity index (χ3n) is 0.778. The van der Waals surface area contributed by atoms with Gasteiger partial charge in [-0.1, -0.05) is 13.8 Å². The summed E-state index contributed by atoms with van der Waals surface area (Å²) in [4.78, 5) is 6.96. The van der Waals surface area contributed by atoms with Crippen LogP contribution in [-0.4, -0.2) is 13.4 Å². The van der Waals surface area contributed by atoms with Gasteiger partial charge in [0.15, 0.2) is 0 Å². The number of allylic oxidation sites excluding steroid dienone is 1. The van der Waals surface area contributed by atoms with E-state index in [4.69, 9.17) is 5.73 Å². The maximum absolute atomic E-state index is 5.24. The van der Waals surface area contributed by atoms with E-state index in [0.717, 1.165) is 0 Å². The second-order valence-electron chi connectivity index (χ2n) is 1.29. The van der Waals surface area contributed by atoms with Crippen molar-refractivity contribution in [2.75, 3.05) is 0 Å². The average Bonchev–Trinajstić information content (AvgIpc) is 2.05. The Bertz CT molecular complexity index is 120. The van der Waals surface area contributed by atoms with Crippen LogP contribution in [0.3, 0.4) is 0 Å². The van der Waals surface area contributed by atoms with E-state index in [0.29, 0.717) is 11.5 Å². The summed E-state index contributed by atoms with van der Waals surface area (Å²) in [6.07, 6.45) is 0. The molecule has 0 aromatic heterocycles. The van der Waals surface area contributed by atoms with Crippen LogP contribution in [0.5, 0.6) is 0 Å². The van der Waals surface area contributed by atoms with Crippen molar-refractivity contribution in [1.29, 1.82) is 0 Å². The lowest BCUT2D eigenvalue weighted by molar-refractivity contribution is 1.14. The van der Waals surface area contributed by atoms with Crippen LogP contribution in [0.1, 0.15) is 20.8 Å². The van der Waals surface area contributed by atoms with E-state index in [1.54, 1.807) is 6.92 Å². The zero-order valence-electron chi connectivity index (χ0n) is 6.89. The minimum Gasteiger partial charge on any atom is -0.382 e. The maximum atomic E-state index is 5.24. The predicted octanol–water partition coefficient (Wildman–Crippen LogP) is 1.56. The van der Waals surface area contributed by atoms with E-state index in [1.165, 1.54) is 0 Å². The van der Waals surface area contributed by atoms with Crippen LogP contribution in [0.15, 0.2) is 21.5 Å². The SMILES string of the molecule is C=N/C(C)=C(/N)N=C.CC. The molecule has 0 bridgehead atoms. The smallest absolute Gasteiger partial charge is 0.144 e. The van der Waals surface area contributed by atoms with Crippen molar-refractivity contribution in [3.63, 3.8) is 0 Å². The number of hydrogen-bond acceptors (Lipinski definition) is 3. The maximum Gasteiger partial charge on any atom is 0.144 e. The zero-order chi connectivity index (χ0) is 8.57. The molecule has 0 saturated carbocycles. The summed E-state index contributed by atoms with van der Waals surface area (Å²) in [5.74, 6) is 0.333. The summed E-state index contributed by atoms with van der Waals surface area (Å²) in [7, 11) is 0. The molecule has 0 rings (SSSR count). The Balaban J connectivity index is 0. The van der Waals surface area contributed by atoms with Gasteiger partial charge in [-0.25, -0.2) is 4.99 Å². The second kappa shape index (κ2) is 7.88. The Kier molecular flexibility index (Phi) is 9.18. The van der Waals surface area contributed by atoms with Crippen molar-refractivity contribution in [3.05, 3.63) is 11.5 Å². The first kappa shape index (κ1) is 11.6. The van der Waals surface area contributed by atoms with E-state index >= 15 is 0 Å². The van der Waals surface area contributed by atoms with Gasteiger partial charge in [0.05, 0.1) is 5.70 Å². The van der Waals surface area contributed by atoms with Gasteiger partial charge in [-0.3, -0.25) is 4.99 Å². The van der Waals surface area contributed by atoms with Crippen LogP contribution in [0.4, 0.5) is 0 Å². The normalized spacial score (nSPS) is 10.3. The Morgan fingerprint density at radius 3 is 1.70 bits per heavy atom. The molecule has 0 fully saturated rings. The lowest BCUT2D eigenvalue weighted by Gasteiger charge is -1.91. The van der Waals surface area contributed by atoms with Gasteiger partial charge in [-0.15, -0.1) is 0 Å². The van der Waals surface area contributed by atoms with Crippen LogP contribution < -0.4 is 5.73 Å². The lowest BCUT2D eigenvalue weighted by atomic mass is 10.5. The minimum atomic E-state index is 0.333.